The van der Waals surface area contributed by atoms with Gasteiger partial charge in [0.25, 0.3) is 0 Å². The maximum Gasteiger partial charge on any atom is 0.0978 e. The summed E-state index contributed by atoms with van der Waals surface area (Å²) in [5.74, 6) is 0. The minimum atomic E-state index is 0.916. The van der Waals surface area contributed by atoms with Crippen LogP contribution < -0.4 is 0 Å². The highest BCUT2D eigenvalue weighted by Gasteiger charge is 2.20. The monoisotopic (exact) mass is 1340 g/mol. The van der Waals surface area contributed by atoms with Gasteiger partial charge in [0.1, 0.15) is 0 Å². The van der Waals surface area contributed by atoms with E-state index in [1.807, 2.05) is 12.1 Å². The second kappa shape index (κ2) is 26.1. The molecule has 0 bridgehead atoms. The minimum absolute atomic E-state index is 0.916. The molecule has 0 aliphatic rings. The molecule has 0 atom stereocenters. The van der Waals surface area contributed by atoms with Gasteiger partial charge in [-0.3, -0.25) is 0 Å². The number of nitrogens with zero attached hydrogens (tertiary/aromatic N) is 4. The van der Waals surface area contributed by atoms with Crippen LogP contribution in [0.5, 0.6) is 0 Å². The van der Waals surface area contributed by atoms with Crippen LogP contribution in [-0.2, 0) is 0 Å². The van der Waals surface area contributed by atoms with E-state index in [0.717, 1.165) is 99.1 Å². The van der Waals surface area contributed by atoms with Gasteiger partial charge in [0.05, 0.1) is 44.5 Å². The molecule has 21 rings (SSSR count). The van der Waals surface area contributed by atoms with Crippen molar-refractivity contribution in [1.82, 2.24) is 19.9 Å². The number of benzene rings is 17. The van der Waals surface area contributed by atoms with Gasteiger partial charge >= 0.3 is 0 Å². The number of hydrogen-bond acceptors (Lipinski definition) is 4. The quantitative estimate of drug-likeness (QED) is 0.107. The lowest BCUT2D eigenvalue weighted by Gasteiger charge is -2.16. The largest absolute Gasteiger partial charge is 0.245 e. The predicted molar refractivity (Wildman–Crippen MR) is 448 cm³/mol. The molecule has 0 aliphatic heterocycles. The Morgan fingerprint density at radius 3 is 0.962 bits per heavy atom. The van der Waals surface area contributed by atoms with E-state index in [-0.39, 0.29) is 0 Å². The lowest BCUT2D eigenvalue weighted by Crippen LogP contribution is -1.93. The zero-order chi connectivity index (χ0) is 70.0. The summed E-state index contributed by atoms with van der Waals surface area (Å²) in [7, 11) is 0. The van der Waals surface area contributed by atoms with Crippen LogP contribution in [0.4, 0.5) is 0 Å². The molecule has 0 unspecified atom stereocenters. The molecule has 4 aromatic heterocycles. The van der Waals surface area contributed by atoms with Crippen LogP contribution in [-0.4, -0.2) is 19.9 Å². The highest BCUT2D eigenvalue weighted by molar-refractivity contribution is 6.20. The summed E-state index contributed by atoms with van der Waals surface area (Å²) in [4.78, 5) is 20.9. The van der Waals surface area contributed by atoms with Gasteiger partial charge in [-0.1, -0.05) is 340 Å². The Balaban J connectivity index is 0.000000141. The van der Waals surface area contributed by atoms with Crippen LogP contribution in [0.2, 0.25) is 0 Å². The molecular weight excluding hydrogens is 1280 g/mol. The smallest absolute Gasteiger partial charge is 0.0978 e. The van der Waals surface area contributed by atoms with E-state index >= 15 is 0 Å². The van der Waals surface area contributed by atoms with Crippen molar-refractivity contribution in [2.24, 2.45) is 0 Å². The molecule has 0 radical (unpaired) electrons. The van der Waals surface area contributed by atoms with Crippen LogP contribution in [0.1, 0.15) is 0 Å². The second-order valence-corrected chi connectivity index (χ2v) is 27.5. The van der Waals surface area contributed by atoms with Crippen LogP contribution in [0.25, 0.3) is 209 Å². The Hall–Kier alpha value is -14.1. The van der Waals surface area contributed by atoms with E-state index in [2.05, 4.69) is 376 Å². The normalized spacial score (nSPS) is 11.6. The van der Waals surface area contributed by atoms with E-state index in [4.69, 9.17) is 19.9 Å². The van der Waals surface area contributed by atoms with E-state index in [1.54, 1.807) is 0 Å². The van der Waals surface area contributed by atoms with Gasteiger partial charge in [-0.25, -0.2) is 19.9 Å². The summed E-state index contributed by atoms with van der Waals surface area (Å²) >= 11 is 0. The minimum Gasteiger partial charge on any atom is -0.245 e. The maximum absolute atomic E-state index is 5.25. The number of rotatable bonds is 9. The molecule has 17 aromatic carbocycles. The summed E-state index contributed by atoms with van der Waals surface area (Å²) < 4.78 is 0. The molecule has 0 amide bonds. The Morgan fingerprint density at radius 2 is 0.481 bits per heavy atom. The van der Waals surface area contributed by atoms with E-state index < -0.39 is 0 Å². The van der Waals surface area contributed by atoms with Crippen LogP contribution in [0, 0.1) is 0 Å². The zero-order valence-corrected chi connectivity index (χ0v) is 57.7. The van der Waals surface area contributed by atoms with Gasteiger partial charge in [0.2, 0.25) is 0 Å². The zero-order valence-electron chi connectivity index (χ0n) is 57.7. The third-order valence-electron chi connectivity index (χ3n) is 21.3. The Kier molecular flexibility index (Phi) is 15.2. The Labute approximate surface area is 613 Å². The first-order valence-electron chi connectivity index (χ1n) is 36.2. The van der Waals surface area contributed by atoms with Crippen molar-refractivity contribution in [3.8, 4) is 100 Å². The fourth-order valence-electron chi connectivity index (χ4n) is 16.0. The number of para-hydroxylation sites is 2. The fraction of sp³-hybridized carbons (Fsp3) is 0. The lowest BCUT2D eigenvalue weighted by atomic mass is 9.88. The van der Waals surface area contributed by atoms with Crippen LogP contribution in [0.15, 0.2) is 388 Å². The van der Waals surface area contributed by atoms with Crippen molar-refractivity contribution in [1.29, 1.82) is 0 Å². The molecule has 106 heavy (non-hydrogen) atoms. The molecule has 4 heteroatoms. The van der Waals surface area contributed by atoms with Gasteiger partial charge in [-0.2, -0.15) is 0 Å². The first kappa shape index (κ1) is 61.8. The molecule has 0 fully saturated rings. The van der Waals surface area contributed by atoms with Crippen molar-refractivity contribution in [3.05, 3.63) is 388 Å². The Morgan fingerprint density at radius 1 is 0.142 bits per heavy atom. The molecule has 21 aromatic rings. The number of hydrogen-bond donors (Lipinski definition) is 0. The van der Waals surface area contributed by atoms with Crippen LogP contribution in [0.3, 0.4) is 0 Å². The number of pyridine rings is 4. The van der Waals surface area contributed by atoms with Gasteiger partial charge in [0, 0.05) is 54.6 Å². The van der Waals surface area contributed by atoms with Crippen molar-refractivity contribution in [2.75, 3.05) is 0 Å². The Bertz CT molecular complexity index is 7010. The van der Waals surface area contributed by atoms with Crippen molar-refractivity contribution < 1.29 is 0 Å². The average Bonchev–Trinajstić information content (AvgIpc) is 0.735. The molecular formula is C102H64N4. The van der Waals surface area contributed by atoms with E-state index in [1.165, 1.54) is 110 Å². The molecule has 0 spiro atoms. The SMILES string of the molecule is c1ccc(-c2ccc3ccc4c(-c5ccc(-c6c7ccccc7nc7c6ccc6ccc(-c8ccccc8)nc67)cc5)cc(-c5ccccc5)cc4c3c2)cc1.c1ccc(-c2ccc3ccc4c(-c5ccc(-c6c7ccccc7nc7c6ccc6ccc(-c8ccccc8)nc67)cc5)cccc4c3c2)cc1. The number of aromatic nitrogens is 4. The highest BCUT2D eigenvalue weighted by atomic mass is 14.8. The molecule has 0 N–H and O–H groups in total. The van der Waals surface area contributed by atoms with E-state index in [0.29, 0.717) is 0 Å². The molecule has 492 valence electrons. The van der Waals surface area contributed by atoms with Crippen molar-refractivity contribution in [2.45, 2.75) is 0 Å². The fourth-order valence-corrected chi connectivity index (χ4v) is 16.0. The predicted octanol–water partition coefficient (Wildman–Crippen LogP) is 27.5. The third kappa shape index (κ3) is 11.0. The summed E-state index contributed by atoms with van der Waals surface area (Å²) in [6, 6.07) is 139. The first-order chi connectivity index (χ1) is 52.5. The first-order valence-corrected chi connectivity index (χ1v) is 36.2. The maximum atomic E-state index is 5.25. The van der Waals surface area contributed by atoms with Crippen molar-refractivity contribution >= 4 is 109 Å². The average molecular weight is 1350 g/mol. The second-order valence-electron chi connectivity index (χ2n) is 27.5. The third-order valence-corrected chi connectivity index (χ3v) is 21.3. The van der Waals surface area contributed by atoms with E-state index in [9.17, 15) is 0 Å². The summed E-state index contributed by atoms with van der Waals surface area (Å²) in [5, 5.41) is 16.6. The molecule has 4 heterocycles. The topological polar surface area (TPSA) is 51.6 Å². The number of fused-ring (bicyclic) bond motifs is 14. The summed E-state index contributed by atoms with van der Waals surface area (Å²) in [6.45, 7) is 0. The van der Waals surface area contributed by atoms with Crippen LogP contribution >= 0.6 is 0 Å². The molecule has 0 aliphatic carbocycles. The highest BCUT2D eigenvalue weighted by Crippen LogP contribution is 2.45. The van der Waals surface area contributed by atoms with Gasteiger partial charge in [-0.15, -0.1) is 0 Å². The van der Waals surface area contributed by atoms with Gasteiger partial charge < -0.3 is 0 Å². The summed E-state index contributed by atoms with van der Waals surface area (Å²) in [5.41, 5.74) is 26.5. The standard InChI is InChI=1S/C54H34N2.C48H30N2/c1-4-12-35(13-5-1)42-25-22-38-26-29-44-47(33-43(34-49(44)48(38)32-42)36-14-6-2-7-15-36)37-20-23-40(24-21-37)52-45-18-10-11-19-51(45)56-54-46(52)30-27-41-28-31-50(55-53(41)54)39-16-8-3-9-17-39;1-3-10-31(11-4-1)37-23-20-33-24-27-40-38(15-9-16-39(40)43(33)30-37)32-18-21-35(22-19-32)46-41-14-7-8-17-45(41)50-48-42(46)28-25-36-26-29-44(49-47(36)48)34-12-5-2-6-13-34/h1-34H;1-30H. The summed E-state index contributed by atoms with van der Waals surface area (Å²) in [6.07, 6.45) is 0. The van der Waals surface area contributed by atoms with Gasteiger partial charge in [-0.05, 0) is 158 Å². The molecule has 0 saturated heterocycles. The molecule has 4 nitrogen and oxygen atoms in total. The van der Waals surface area contributed by atoms with Gasteiger partial charge in [0.15, 0.2) is 0 Å². The van der Waals surface area contributed by atoms with Crippen molar-refractivity contribution in [3.63, 3.8) is 0 Å². The molecule has 0 saturated carbocycles. The lowest BCUT2D eigenvalue weighted by molar-refractivity contribution is 1.39.